The SMILES string of the molecule is C[Si](c1ccccc1)c1ccc(C[Si](C)(C)C)cc1. The largest absolute Gasteiger partial charge is 0.118 e. The fraction of sp³-hybridized carbons (Fsp3) is 0.294. The van der Waals surface area contributed by atoms with Gasteiger partial charge in [-0.25, -0.2) is 0 Å². The minimum absolute atomic E-state index is 0.593. The molecule has 0 N–H and O–H groups in total. The summed E-state index contributed by atoms with van der Waals surface area (Å²) in [6.07, 6.45) is 0. The van der Waals surface area contributed by atoms with E-state index in [9.17, 15) is 0 Å². The third kappa shape index (κ3) is 4.18. The van der Waals surface area contributed by atoms with Gasteiger partial charge in [0.25, 0.3) is 0 Å². The molecule has 0 fully saturated rings. The zero-order chi connectivity index (χ0) is 13.9. The van der Waals surface area contributed by atoms with Gasteiger partial charge in [0.2, 0.25) is 0 Å². The quantitative estimate of drug-likeness (QED) is 0.755. The molecule has 1 radical (unpaired) electrons. The Morgan fingerprint density at radius 1 is 0.789 bits per heavy atom. The first-order valence-corrected chi connectivity index (χ1v) is 12.6. The highest BCUT2D eigenvalue weighted by Crippen LogP contribution is 2.10. The van der Waals surface area contributed by atoms with Crippen molar-refractivity contribution < 1.29 is 0 Å². The maximum atomic E-state index is 2.43. The summed E-state index contributed by atoms with van der Waals surface area (Å²) in [6, 6.07) is 21.5. The molecule has 0 saturated heterocycles. The molecule has 0 heterocycles. The molecule has 19 heavy (non-hydrogen) atoms. The molecular formula is C17H23Si2. The summed E-state index contributed by atoms with van der Waals surface area (Å²) in [5.74, 6) is 0. The van der Waals surface area contributed by atoms with Crippen LogP contribution in [0.3, 0.4) is 0 Å². The van der Waals surface area contributed by atoms with Crippen LogP contribution in [0.25, 0.3) is 0 Å². The van der Waals surface area contributed by atoms with Crippen LogP contribution < -0.4 is 10.4 Å². The molecule has 0 bridgehead atoms. The van der Waals surface area contributed by atoms with Gasteiger partial charge in [0.05, 0.1) is 0 Å². The Bertz CT molecular complexity index is 509. The van der Waals surface area contributed by atoms with Crippen molar-refractivity contribution in [2.75, 3.05) is 0 Å². The Balaban J connectivity index is 2.15. The zero-order valence-electron chi connectivity index (χ0n) is 12.4. The summed E-state index contributed by atoms with van der Waals surface area (Å²) in [7, 11) is -1.59. The van der Waals surface area contributed by atoms with E-state index in [0.717, 1.165) is 0 Å². The average Bonchev–Trinajstić information content (AvgIpc) is 2.38. The van der Waals surface area contributed by atoms with Crippen LogP contribution in [0.5, 0.6) is 0 Å². The van der Waals surface area contributed by atoms with Crippen LogP contribution in [-0.2, 0) is 6.04 Å². The first-order chi connectivity index (χ1) is 8.96. The fourth-order valence-electron chi connectivity index (χ4n) is 2.34. The van der Waals surface area contributed by atoms with Gasteiger partial charge in [-0.05, 0) is 6.04 Å². The first-order valence-electron chi connectivity index (χ1n) is 6.94. The summed E-state index contributed by atoms with van der Waals surface area (Å²) >= 11 is 0. The average molecular weight is 284 g/mol. The lowest BCUT2D eigenvalue weighted by molar-refractivity contribution is 1.31. The van der Waals surface area contributed by atoms with Gasteiger partial charge in [-0.2, -0.15) is 0 Å². The van der Waals surface area contributed by atoms with Crippen molar-refractivity contribution in [3.63, 3.8) is 0 Å². The van der Waals surface area contributed by atoms with Crippen molar-refractivity contribution in [1.29, 1.82) is 0 Å². The minimum atomic E-state index is -0.998. The summed E-state index contributed by atoms with van der Waals surface area (Å²) in [4.78, 5) is 0. The predicted octanol–water partition coefficient (Wildman–Crippen LogP) is 3.35. The normalized spacial score (nSPS) is 11.8. The molecule has 0 unspecified atom stereocenters. The van der Waals surface area contributed by atoms with Crippen molar-refractivity contribution in [2.45, 2.75) is 32.2 Å². The van der Waals surface area contributed by atoms with E-state index in [2.05, 4.69) is 80.8 Å². The molecule has 0 spiro atoms. The molecule has 99 valence electrons. The van der Waals surface area contributed by atoms with Gasteiger partial charge in [-0.15, -0.1) is 0 Å². The van der Waals surface area contributed by atoms with Crippen LogP contribution in [0.2, 0.25) is 26.2 Å². The van der Waals surface area contributed by atoms with Gasteiger partial charge < -0.3 is 0 Å². The number of rotatable bonds is 4. The molecule has 0 atom stereocenters. The third-order valence-electron chi connectivity index (χ3n) is 3.33. The van der Waals surface area contributed by atoms with E-state index in [0.29, 0.717) is 0 Å². The summed E-state index contributed by atoms with van der Waals surface area (Å²) in [6.45, 7) is 9.67. The second kappa shape index (κ2) is 5.89. The van der Waals surface area contributed by atoms with Crippen LogP contribution >= 0.6 is 0 Å². The van der Waals surface area contributed by atoms with Crippen LogP contribution in [0.4, 0.5) is 0 Å². The third-order valence-corrected chi connectivity index (χ3v) is 7.20. The van der Waals surface area contributed by atoms with E-state index in [1.165, 1.54) is 22.0 Å². The van der Waals surface area contributed by atoms with E-state index < -0.39 is 16.9 Å². The Morgan fingerprint density at radius 2 is 1.32 bits per heavy atom. The molecule has 0 aliphatic heterocycles. The van der Waals surface area contributed by atoms with E-state index >= 15 is 0 Å². The molecule has 2 aromatic carbocycles. The van der Waals surface area contributed by atoms with Crippen LogP contribution in [0.15, 0.2) is 54.6 Å². The van der Waals surface area contributed by atoms with Crippen molar-refractivity contribution in [2.24, 2.45) is 0 Å². The monoisotopic (exact) mass is 283 g/mol. The second-order valence-corrected chi connectivity index (χ2v) is 14.3. The molecule has 0 aromatic heterocycles. The van der Waals surface area contributed by atoms with E-state index in [1.807, 2.05) is 0 Å². The lowest BCUT2D eigenvalue weighted by Crippen LogP contribution is -2.39. The van der Waals surface area contributed by atoms with Crippen molar-refractivity contribution in [3.8, 4) is 0 Å². The van der Waals surface area contributed by atoms with Gasteiger partial charge in [0, 0.05) is 8.07 Å². The molecule has 0 amide bonds. The highest BCUT2D eigenvalue weighted by atomic mass is 28.3. The number of hydrogen-bond donors (Lipinski definition) is 0. The Labute approximate surface area is 120 Å². The second-order valence-electron chi connectivity index (χ2n) is 6.43. The molecule has 0 aliphatic rings. The zero-order valence-corrected chi connectivity index (χ0v) is 14.4. The molecule has 0 saturated carbocycles. The fourth-order valence-corrected chi connectivity index (χ4v) is 5.49. The summed E-state index contributed by atoms with van der Waals surface area (Å²) in [5, 5.41) is 3.00. The van der Waals surface area contributed by atoms with E-state index in [-0.39, 0.29) is 0 Å². The molecule has 2 heteroatoms. The Kier molecular flexibility index (Phi) is 4.43. The van der Waals surface area contributed by atoms with Crippen LogP contribution in [-0.4, -0.2) is 16.9 Å². The standard InChI is InChI=1S/C17H23Si2/c1-18(16-8-6-5-7-9-16)17-12-10-15(11-13-17)14-19(2,3)4/h5-13H,14H2,1-4H3. The van der Waals surface area contributed by atoms with Gasteiger partial charge in [-0.3, -0.25) is 0 Å². The Hall–Kier alpha value is -1.13. The maximum Gasteiger partial charge on any atom is 0.118 e. The highest BCUT2D eigenvalue weighted by Gasteiger charge is 2.14. The first kappa shape index (κ1) is 14.3. The lowest BCUT2D eigenvalue weighted by Gasteiger charge is -2.16. The highest BCUT2D eigenvalue weighted by molar-refractivity contribution is 6.84. The Morgan fingerprint density at radius 3 is 1.84 bits per heavy atom. The van der Waals surface area contributed by atoms with Crippen LogP contribution in [0.1, 0.15) is 5.56 Å². The van der Waals surface area contributed by atoms with Crippen molar-refractivity contribution >= 4 is 27.2 Å². The topological polar surface area (TPSA) is 0 Å². The summed E-state index contributed by atoms with van der Waals surface area (Å²) in [5.41, 5.74) is 1.51. The van der Waals surface area contributed by atoms with Gasteiger partial charge in [-0.1, -0.05) is 96.7 Å². The van der Waals surface area contributed by atoms with E-state index in [4.69, 9.17) is 0 Å². The van der Waals surface area contributed by atoms with Gasteiger partial charge >= 0.3 is 0 Å². The molecule has 2 rings (SSSR count). The molecule has 0 nitrogen and oxygen atoms in total. The molecule has 2 aromatic rings. The minimum Gasteiger partial charge on any atom is -0.0693 e. The van der Waals surface area contributed by atoms with Crippen LogP contribution in [0, 0.1) is 0 Å². The summed E-state index contributed by atoms with van der Waals surface area (Å²) < 4.78 is 0. The predicted molar refractivity (Wildman–Crippen MR) is 90.8 cm³/mol. The van der Waals surface area contributed by atoms with Gasteiger partial charge in [0.1, 0.15) is 8.80 Å². The molecule has 0 aliphatic carbocycles. The number of benzene rings is 2. The smallest absolute Gasteiger partial charge is 0.0693 e. The van der Waals surface area contributed by atoms with Gasteiger partial charge in [0.15, 0.2) is 0 Å². The number of hydrogen-bond acceptors (Lipinski definition) is 0. The lowest BCUT2D eigenvalue weighted by atomic mass is 10.2. The van der Waals surface area contributed by atoms with Crippen molar-refractivity contribution in [1.82, 2.24) is 0 Å². The van der Waals surface area contributed by atoms with Crippen molar-refractivity contribution in [3.05, 3.63) is 60.2 Å². The van der Waals surface area contributed by atoms with E-state index in [1.54, 1.807) is 0 Å². The molecular weight excluding hydrogens is 260 g/mol. The maximum absolute atomic E-state index is 2.43.